The van der Waals surface area contributed by atoms with Gasteiger partial charge in [-0.05, 0) is 97.6 Å². The molecular formula is C49H32O. The van der Waals surface area contributed by atoms with E-state index in [1.165, 1.54) is 72.0 Å². The third-order valence-corrected chi connectivity index (χ3v) is 11.8. The van der Waals surface area contributed by atoms with Gasteiger partial charge in [-0.25, -0.2) is 0 Å². The highest BCUT2D eigenvalue weighted by molar-refractivity contribution is 6.00. The number of hydrogen-bond acceptors (Lipinski definition) is 1. The zero-order valence-electron chi connectivity index (χ0n) is 27.7. The van der Waals surface area contributed by atoms with Crippen LogP contribution < -0.4 is 4.74 Å². The summed E-state index contributed by atoms with van der Waals surface area (Å²) >= 11 is 0. The monoisotopic (exact) mass is 636 g/mol. The van der Waals surface area contributed by atoms with Crippen LogP contribution in [0.15, 0.2) is 176 Å². The van der Waals surface area contributed by atoms with Gasteiger partial charge in [0.05, 0.1) is 5.41 Å². The Morgan fingerprint density at radius 3 is 1.70 bits per heavy atom. The second-order valence-corrected chi connectivity index (χ2v) is 14.1. The summed E-state index contributed by atoms with van der Waals surface area (Å²) in [5.74, 6) is 1.84. The summed E-state index contributed by atoms with van der Waals surface area (Å²) < 4.78 is 6.90. The van der Waals surface area contributed by atoms with Gasteiger partial charge < -0.3 is 4.74 Å². The molecule has 1 spiro atoms. The summed E-state index contributed by atoms with van der Waals surface area (Å²) in [4.78, 5) is 0. The molecule has 0 aromatic heterocycles. The second-order valence-electron chi connectivity index (χ2n) is 14.1. The van der Waals surface area contributed by atoms with Crippen molar-refractivity contribution in [1.29, 1.82) is 0 Å². The maximum absolute atomic E-state index is 6.90. The van der Waals surface area contributed by atoms with Crippen molar-refractivity contribution in [3.63, 3.8) is 0 Å². The second kappa shape index (κ2) is 9.94. The molecule has 0 N–H and O–H groups in total. The molecule has 0 saturated heterocycles. The van der Waals surface area contributed by atoms with Crippen LogP contribution in [0.5, 0.6) is 11.5 Å². The van der Waals surface area contributed by atoms with Gasteiger partial charge in [-0.1, -0.05) is 152 Å². The quantitative estimate of drug-likeness (QED) is 0.183. The average molecular weight is 637 g/mol. The molecule has 0 radical (unpaired) electrons. The maximum atomic E-state index is 6.90. The lowest BCUT2D eigenvalue weighted by Gasteiger charge is -2.39. The standard InChI is InChI=1S/C49H32O/c1-48(34-16-3-2-4-17-34)43-23-11-12-25-46(43)50-47-35(20-13-24-44(47)48)33-26-27-42-38(29-33)36-18-7-9-21-40(36)49(42)41-22-10-8-19-37(41)39-28-31-14-5-6-15-32(31)30-45(39)49/h2-30H,1H3. The summed E-state index contributed by atoms with van der Waals surface area (Å²) in [7, 11) is 0. The van der Waals surface area contributed by atoms with Gasteiger partial charge in [0.1, 0.15) is 11.5 Å². The van der Waals surface area contributed by atoms with Gasteiger partial charge in [0.2, 0.25) is 0 Å². The van der Waals surface area contributed by atoms with E-state index in [9.17, 15) is 0 Å². The van der Waals surface area contributed by atoms with Crippen molar-refractivity contribution in [3.8, 4) is 44.9 Å². The first-order valence-electron chi connectivity index (χ1n) is 17.5. The Hall–Kier alpha value is -6.18. The van der Waals surface area contributed by atoms with Crippen molar-refractivity contribution < 1.29 is 4.74 Å². The molecule has 2 aliphatic carbocycles. The summed E-state index contributed by atoms with van der Waals surface area (Å²) in [6.45, 7) is 2.34. The number of para-hydroxylation sites is 2. The molecule has 0 amide bonds. The summed E-state index contributed by atoms with van der Waals surface area (Å²) in [5.41, 5.74) is 15.8. The third-order valence-electron chi connectivity index (χ3n) is 11.8. The highest BCUT2D eigenvalue weighted by atomic mass is 16.5. The van der Waals surface area contributed by atoms with E-state index in [0.717, 1.165) is 22.6 Å². The fourth-order valence-corrected chi connectivity index (χ4v) is 9.57. The summed E-state index contributed by atoms with van der Waals surface area (Å²) in [6.07, 6.45) is 0. The highest BCUT2D eigenvalue weighted by Crippen LogP contribution is 2.64. The van der Waals surface area contributed by atoms with Crippen LogP contribution in [0.25, 0.3) is 44.2 Å². The molecule has 8 aromatic rings. The molecule has 2 unspecified atom stereocenters. The van der Waals surface area contributed by atoms with Crippen LogP contribution in [-0.2, 0) is 10.8 Å². The highest BCUT2D eigenvalue weighted by Gasteiger charge is 2.52. The van der Waals surface area contributed by atoms with E-state index in [1.807, 2.05) is 0 Å². The first-order chi connectivity index (χ1) is 24.7. The minimum absolute atomic E-state index is 0.366. The average Bonchev–Trinajstić information content (AvgIpc) is 3.63. The van der Waals surface area contributed by atoms with E-state index in [2.05, 4.69) is 183 Å². The smallest absolute Gasteiger partial charge is 0.139 e. The number of ether oxygens (including phenoxy) is 1. The lowest BCUT2D eigenvalue weighted by atomic mass is 9.68. The number of hydrogen-bond donors (Lipinski definition) is 0. The zero-order chi connectivity index (χ0) is 33.0. The van der Waals surface area contributed by atoms with Crippen LogP contribution in [0.4, 0.5) is 0 Å². The predicted molar refractivity (Wildman–Crippen MR) is 204 cm³/mol. The van der Waals surface area contributed by atoms with Gasteiger partial charge in [-0.2, -0.15) is 0 Å². The molecule has 1 aliphatic heterocycles. The molecule has 0 saturated carbocycles. The largest absolute Gasteiger partial charge is 0.456 e. The molecule has 2 atom stereocenters. The van der Waals surface area contributed by atoms with Gasteiger partial charge in [0, 0.05) is 22.1 Å². The van der Waals surface area contributed by atoms with E-state index < -0.39 is 5.41 Å². The molecule has 0 bridgehead atoms. The number of fused-ring (bicyclic) bond motifs is 13. The van der Waals surface area contributed by atoms with Crippen LogP contribution >= 0.6 is 0 Å². The molecular weight excluding hydrogens is 605 g/mol. The van der Waals surface area contributed by atoms with Gasteiger partial charge in [0.25, 0.3) is 0 Å². The third kappa shape index (κ3) is 3.42. The van der Waals surface area contributed by atoms with Crippen molar-refractivity contribution in [2.75, 3.05) is 0 Å². The van der Waals surface area contributed by atoms with Crippen LogP contribution in [0, 0.1) is 0 Å². The Morgan fingerprint density at radius 1 is 0.380 bits per heavy atom. The normalized spacial score (nSPS) is 18.8. The number of rotatable bonds is 2. The van der Waals surface area contributed by atoms with Gasteiger partial charge in [-0.3, -0.25) is 0 Å². The fourth-order valence-electron chi connectivity index (χ4n) is 9.57. The number of benzene rings is 8. The molecule has 3 aliphatic rings. The van der Waals surface area contributed by atoms with Gasteiger partial charge in [-0.15, -0.1) is 0 Å². The molecule has 11 rings (SSSR count). The van der Waals surface area contributed by atoms with E-state index in [-0.39, 0.29) is 5.41 Å². The fraction of sp³-hybridized carbons (Fsp3) is 0.0612. The molecule has 8 aromatic carbocycles. The van der Waals surface area contributed by atoms with Crippen LogP contribution in [0.1, 0.15) is 45.9 Å². The van der Waals surface area contributed by atoms with E-state index in [4.69, 9.17) is 4.74 Å². The molecule has 1 nitrogen and oxygen atoms in total. The SMILES string of the molecule is CC1(c2ccccc2)c2ccccc2Oc2c(-c3ccc4c(c3)-c3ccccc3C43c4ccccc4-c4cc5ccccc5cc43)cccc21. The van der Waals surface area contributed by atoms with Crippen molar-refractivity contribution in [2.45, 2.75) is 17.8 Å². The minimum atomic E-state index is -0.391. The summed E-state index contributed by atoms with van der Waals surface area (Å²) in [6, 6.07) is 64.9. The Kier molecular flexibility index (Phi) is 5.51. The van der Waals surface area contributed by atoms with E-state index >= 15 is 0 Å². The zero-order valence-corrected chi connectivity index (χ0v) is 27.7. The van der Waals surface area contributed by atoms with Gasteiger partial charge >= 0.3 is 0 Å². The van der Waals surface area contributed by atoms with Crippen molar-refractivity contribution in [2.24, 2.45) is 0 Å². The molecule has 0 fully saturated rings. The lowest BCUT2D eigenvalue weighted by Crippen LogP contribution is -2.29. The first-order valence-corrected chi connectivity index (χ1v) is 17.5. The lowest BCUT2D eigenvalue weighted by molar-refractivity contribution is 0.429. The molecule has 1 heterocycles. The molecule has 234 valence electrons. The first kappa shape index (κ1) is 27.7. The van der Waals surface area contributed by atoms with Crippen molar-refractivity contribution in [3.05, 3.63) is 215 Å². The Balaban J connectivity index is 1.16. The van der Waals surface area contributed by atoms with E-state index in [0.29, 0.717) is 0 Å². The Morgan fingerprint density at radius 2 is 0.940 bits per heavy atom. The van der Waals surface area contributed by atoms with Gasteiger partial charge in [0.15, 0.2) is 0 Å². The maximum Gasteiger partial charge on any atom is 0.139 e. The topological polar surface area (TPSA) is 9.23 Å². The minimum Gasteiger partial charge on any atom is -0.456 e. The van der Waals surface area contributed by atoms with Crippen molar-refractivity contribution in [1.82, 2.24) is 0 Å². The molecule has 1 heteroatoms. The van der Waals surface area contributed by atoms with E-state index in [1.54, 1.807) is 0 Å². The Labute approximate surface area is 292 Å². The van der Waals surface area contributed by atoms with Crippen LogP contribution in [-0.4, -0.2) is 0 Å². The summed E-state index contributed by atoms with van der Waals surface area (Å²) in [5, 5.41) is 2.55. The predicted octanol–water partition coefficient (Wildman–Crippen LogP) is 12.3. The van der Waals surface area contributed by atoms with Crippen LogP contribution in [0.3, 0.4) is 0 Å². The molecule has 50 heavy (non-hydrogen) atoms. The van der Waals surface area contributed by atoms with Crippen LogP contribution in [0.2, 0.25) is 0 Å². The Bertz CT molecular complexity index is 2700. The van der Waals surface area contributed by atoms with Crippen molar-refractivity contribution >= 4 is 10.8 Å².